The van der Waals surface area contributed by atoms with E-state index in [1.165, 1.54) is 5.56 Å². The zero-order valence-electron chi connectivity index (χ0n) is 26.0. The molecule has 6 nitrogen and oxygen atoms in total. The molecule has 4 aromatic rings. The lowest BCUT2D eigenvalue weighted by atomic mass is 9.86. The van der Waals surface area contributed by atoms with Crippen molar-refractivity contribution in [2.24, 2.45) is 0 Å². The van der Waals surface area contributed by atoms with Crippen molar-refractivity contribution >= 4 is 5.91 Å². The molecule has 0 radical (unpaired) electrons. The molecule has 1 N–H and O–H groups in total. The van der Waals surface area contributed by atoms with E-state index < -0.39 is 0 Å². The first-order valence-corrected chi connectivity index (χ1v) is 15.0. The van der Waals surface area contributed by atoms with E-state index in [1.807, 2.05) is 22.9 Å². The largest absolute Gasteiger partial charge is 0.496 e. The number of nitrogens with one attached hydrogen (secondary N) is 1. The zero-order valence-corrected chi connectivity index (χ0v) is 26.0. The van der Waals surface area contributed by atoms with E-state index in [-0.39, 0.29) is 29.4 Å². The molecule has 3 aromatic carbocycles. The number of methoxy groups -OCH3 is 1. The fraction of sp³-hybridized carbons (Fsp3) is 0.389. The average molecular weight is 565 g/mol. The van der Waals surface area contributed by atoms with E-state index in [1.54, 1.807) is 13.3 Å². The first-order valence-electron chi connectivity index (χ1n) is 15.0. The van der Waals surface area contributed by atoms with Crippen molar-refractivity contribution in [3.8, 4) is 11.4 Å². The van der Waals surface area contributed by atoms with Crippen LogP contribution >= 0.6 is 0 Å². The van der Waals surface area contributed by atoms with Crippen LogP contribution in [-0.4, -0.2) is 33.9 Å². The highest BCUT2D eigenvalue weighted by Gasteiger charge is 2.39. The molecule has 1 amide bonds. The lowest BCUT2D eigenvalue weighted by Crippen LogP contribution is -2.45. The van der Waals surface area contributed by atoms with Gasteiger partial charge >= 0.3 is 0 Å². The standard InChI is InChI=1S/C36H44N4O2/c1-24(2)34-30(23-38-40(34)29-15-11-12-25(3)20-29)35(41)39-31(26-13-9-8-10-14-26)17-19-33(39)37-22-27-21-28(36(4,5)6)16-18-32(27)42-7/h8-16,18,20-21,23-24,31,33,37H,17,19,22H2,1-7H3. The number of ether oxygens (including phenoxy) is 1. The van der Waals surface area contributed by atoms with Gasteiger partial charge in [-0.3, -0.25) is 10.1 Å². The van der Waals surface area contributed by atoms with Crippen LogP contribution in [0.5, 0.6) is 5.75 Å². The number of carbonyl (C=O) groups excluding carboxylic acids is 1. The summed E-state index contributed by atoms with van der Waals surface area (Å²) in [4.78, 5) is 16.7. The van der Waals surface area contributed by atoms with Gasteiger partial charge in [-0.25, -0.2) is 4.68 Å². The van der Waals surface area contributed by atoms with Crippen LogP contribution in [0.25, 0.3) is 5.69 Å². The highest BCUT2D eigenvalue weighted by atomic mass is 16.5. The van der Waals surface area contributed by atoms with Crippen LogP contribution in [-0.2, 0) is 12.0 Å². The summed E-state index contributed by atoms with van der Waals surface area (Å²) in [6.07, 6.45) is 3.37. The van der Waals surface area contributed by atoms with Crippen molar-refractivity contribution in [3.63, 3.8) is 0 Å². The molecule has 1 aliphatic heterocycles. The van der Waals surface area contributed by atoms with Crippen molar-refractivity contribution in [2.45, 2.75) is 84.5 Å². The summed E-state index contributed by atoms with van der Waals surface area (Å²) in [6.45, 7) is 13.6. The normalized spacial score (nSPS) is 17.2. The maximum absolute atomic E-state index is 14.6. The highest BCUT2D eigenvalue weighted by Crippen LogP contribution is 2.38. The van der Waals surface area contributed by atoms with Crippen LogP contribution in [0.4, 0.5) is 0 Å². The minimum atomic E-state index is -0.131. The summed E-state index contributed by atoms with van der Waals surface area (Å²) in [6, 6.07) is 25.0. The number of nitrogens with zero attached hydrogens (tertiary/aromatic N) is 3. The topological polar surface area (TPSA) is 59.4 Å². The maximum Gasteiger partial charge on any atom is 0.259 e. The van der Waals surface area contributed by atoms with Crippen LogP contribution in [0.1, 0.15) is 97.7 Å². The third kappa shape index (κ3) is 6.00. The number of hydrogen-bond donors (Lipinski definition) is 1. The molecule has 0 bridgehead atoms. The fourth-order valence-electron chi connectivity index (χ4n) is 6.09. The summed E-state index contributed by atoms with van der Waals surface area (Å²) in [5, 5.41) is 8.49. The lowest BCUT2D eigenvalue weighted by Gasteiger charge is -2.32. The van der Waals surface area contributed by atoms with Gasteiger partial charge in [0.15, 0.2) is 0 Å². The van der Waals surface area contributed by atoms with Crippen LogP contribution in [0.15, 0.2) is 79.0 Å². The molecule has 2 heterocycles. The van der Waals surface area contributed by atoms with Gasteiger partial charge in [0.2, 0.25) is 0 Å². The van der Waals surface area contributed by atoms with Gasteiger partial charge in [-0.05, 0) is 66.0 Å². The molecule has 0 saturated carbocycles. The Hall–Kier alpha value is -3.90. The number of benzene rings is 3. The maximum atomic E-state index is 14.6. The summed E-state index contributed by atoms with van der Waals surface area (Å²) in [5.74, 6) is 0.977. The number of carbonyl (C=O) groups is 1. The molecule has 5 rings (SSSR count). The Balaban J connectivity index is 1.50. The van der Waals surface area contributed by atoms with E-state index >= 15 is 0 Å². The summed E-state index contributed by atoms with van der Waals surface area (Å²) < 4.78 is 7.66. The molecule has 42 heavy (non-hydrogen) atoms. The van der Waals surface area contributed by atoms with Gasteiger partial charge in [-0.1, -0.05) is 89.2 Å². The SMILES string of the molecule is COc1ccc(C(C)(C)C)cc1CNC1CCC(c2ccccc2)N1C(=O)c1cnn(-c2cccc(C)c2)c1C(C)C. The molecular weight excluding hydrogens is 520 g/mol. The zero-order chi connectivity index (χ0) is 30.0. The van der Waals surface area contributed by atoms with Crippen molar-refractivity contribution in [3.05, 3.63) is 113 Å². The molecule has 2 atom stereocenters. The Morgan fingerprint density at radius 3 is 2.45 bits per heavy atom. The van der Waals surface area contributed by atoms with Crippen LogP contribution in [0, 0.1) is 6.92 Å². The monoisotopic (exact) mass is 564 g/mol. The van der Waals surface area contributed by atoms with Gasteiger partial charge in [0, 0.05) is 12.1 Å². The molecule has 6 heteroatoms. The van der Waals surface area contributed by atoms with Crippen molar-refractivity contribution in [1.29, 1.82) is 0 Å². The number of aromatic nitrogens is 2. The molecule has 1 saturated heterocycles. The minimum absolute atomic E-state index is 0.0110. The third-order valence-electron chi connectivity index (χ3n) is 8.31. The average Bonchev–Trinajstić information content (AvgIpc) is 3.61. The Morgan fingerprint density at radius 2 is 1.79 bits per heavy atom. The second kappa shape index (κ2) is 12.1. The van der Waals surface area contributed by atoms with Crippen molar-refractivity contribution in [2.75, 3.05) is 7.11 Å². The van der Waals surface area contributed by atoms with Gasteiger partial charge in [0.25, 0.3) is 5.91 Å². The van der Waals surface area contributed by atoms with Gasteiger partial charge in [-0.15, -0.1) is 0 Å². The Bertz CT molecular complexity index is 1530. The third-order valence-corrected chi connectivity index (χ3v) is 8.31. The number of amides is 1. The molecule has 1 aliphatic rings. The quantitative estimate of drug-likeness (QED) is 0.238. The van der Waals surface area contributed by atoms with Gasteiger partial charge in [-0.2, -0.15) is 5.10 Å². The van der Waals surface area contributed by atoms with Gasteiger partial charge in [0.05, 0.1) is 42.5 Å². The molecular formula is C36H44N4O2. The number of rotatable bonds is 8. The molecule has 1 aromatic heterocycles. The predicted molar refractivity (Wildman–Crippen MR) is 169 cm³/mol. The summed E-state index contributed by atoms with van der Waals surface area (Å²) in [7, 11) is 1.71. The van der Waals surface area contributed by atoms with Crippen LogP contribution in [0.2, 0.25) is 0 Å². The number of aryl methyl sites for hydroxylation is 1. The summed E-state index contributed by atoms with van der Waals surface area (Å²) in [5.41, 5.74) is 7.25. The van der Waals surface area contributed by atoms with E-state index in [2.05, 4.69) is 106 Å². The molecule has 0 spiro atoms. The Kier molecular flexibility index (Phi) is 8.55. The smallest absolute Gasteiger partial charge is 0.259 e. The molecule has 220 valence electrons. The highest BCUT2D eigenvalue weighted by molar-refractivity contribution is 5.96. The fourth-order valence-corrected chi connectivity index (χ4v) is 6.09. The van der Waals surface area contributed by atoms with E-state index in [4.69, 9.17) is 9.84 Å². The van der Waals surface area contributed by atoms with E-state index in [0.717, 1.165) is 46.7 Å². The van der Waals surface area contributed by atoms with Gasteiger partial charge in [0.1, 0.15) is 5.75 Å². The number of likely N-dealkylation sites (tertiary alicyclic amines) is 1. The van der Waals surface area contributed by atoms with Crippen molar-refractivity contribution < 1.29 is 9.53 Å². The lowest BCUT2D eigenvalue weighted by molar-refractivity contribution is 0.0630. The summed E-state index contributed by atoms with van der Waals surface area (Å²) >= 11 is 0. The van der Waals surface area contributed by atoms with E-state index in [0.29, 0.717) is 12.1 Å². The van der Waals surface area contributed by atoms with Crippen molar-refractivity contribution in [1.82, 2.24) is 20.0 Å². The molecule has 2 unspecified atom stereocenters. The Morgan fingerprint density at radius 1 is 1.02 bits per heavy atom. The van der Waals surface area contributed by atoms with Gasteiger partial charge < -0.3 is 9.64 Å². The Labute approximate surface area is 250 Å². The van der Waals surface area contributed by atoms with E-state index in [9.17, 15) is 4.79 Å². The number of hydrogen-bond acceptors (Lipinski definition) is 4. The second-order valence-corrected chi connectivity index (χ2v) is 12.7. The first kappa shape index (κ1) is 29.6. The minimum Gasteiger partial charge on any atom is -0.496 e. The second-order valence-electron chi connectivity index (χ2n) is 12.7. The van der Waals surface area contributed by atoms with Crippen LogP contribution in [0.3, 0.4) is 0 Å². The molecule has 1 fully saturated rings. The van der Waals surface area contributed by atoms with Crippen LogP contribution < -0.4 is 10.1 Å². The molecule has 0 aliphatic carbocycles. The predicted octanol–water partition coefficient (Wildman–Crippen LogP) is 7.70. The first-order chi connectivity index (χ1) is 20.1.